The van der Waals surface area contributed by atoms with Gasteiger partial charge in [-0.3, -0.25) is 0 Å². The monoisotopic (exact) mass is 303 g/mol. The van der Waals surface area contributed by atoms with Crippen molar-refractivity contribution >= 4 is 22.7 Å². The van der Waals surface area contributed by atoms with E-state index in [9.17, 15) is 0 Å². The fourth-order valence-electron chi connectivity index (χ4n) is 2.43. The lowest BCUT2D eigenvalue weighted by molar-refractivity contribution is 0.804. The van der Waals surface area contributed by atoms with Crippen LogP contribution in [0.25, 0.3) is 27.8 Å². The summed E-state index contributed by atoms with van der Waals surface area (Å²) in [5.74, 6) is 0.507. The van der Waals surface area contributed by atoms with Crippen LogP contribution in [0.1, 0.15) is 0 Å². The van der Waals surface area contributed by atoms with Crippen molar-refractivity contribution in [2.24, 2.45) is 0 Å². The summed E-state index contributed by atoms with van der Waals surface area (Å²) in [6.07, 6.45) is 1.87. The molecule has 0 bridgehead atoms. The van der Waals surface area contributed by atoms with Crippen LogP contribution in [0, 0.1) is 0 Å². The first-order valence-electron chi connectivity index (χ1n) is 7.01. The molecule has 4 aromatic rings. The van der Waals surface area contributed by atoms with Crippen LogP contribution in [0.5, 0.6) is 0 Å². The summed E-state index contributed by atoms with van der Waals surface area (Å²) in [5, 5.41) is 9.12. The third-order valence-electron chi connectivity index (χ3n) is 3.55. The highest BCUT2D eigenvalue weighted by atomic mass is 15.4. The highest BCUT2D eigenvalue weighted by Gasteiger charge is 2.08. The number of rotatable bonds is 2. The minimum absolute atomic E-state index is 0.162. The molecule has 0 saturated carbocycles. The van der Waals surface area contributed by atoms with Crippen LogP contribution in [0.3, 0.4) is 0 Å². The fourth-order valence-corrected chi connectivity index (χ4v) is 2.43. The first-order valence-corrected chi connectivity index (χ1v) is 7.01. The Hall–Kier alpha value is -3.48. The standard InChI is InChI=1S/C16H13N7/c17-15-12-8-11(6-7-13(12)19-16(18)20-15)23-9-14(21-22-23)10-4-2-1-3-5-10/h1-9H,(H4,17,18,19,20). The molecule has 4 N–H and O–H groups in total. The zero-order valence-electron chi connectivity index (χ0n) is 12.1. The molecular weight excluding hydrogens is 290 g/mol. The van der Waals surface area contributed by atoms with Gasteiger partial charge in [-0.25, -0.2) is 9.67 Å². The van der Waals surface area contributed by atoms with E-state index in [1.54, 1.807) is 4.68 Å². The first-order chi connectivity index (χ1) is 11.2. The summed E-state index contributed by atoms with van der Waals surface area (Å²) in [7, 11) is 0. The number of hydrogen-bond donors (Lipinski definition) is 2. The Morgan fingerprint density at radius 2 is 1.74 bits per heavy atom. The van der Waals surface area contributed by atoms with Gasteiger partial charge in [0.1, 0.15) is 11.5 Å². The molecule has 4 rings (SSSR count). The van der Waals surface area contributed by atoms with E-state index in [2.05, 4.69) is 20.3 Å². The molecule has 0 spiro atoms. The van der Waals surface area contributed by atoms with Crippen molar-refractivity contribution in [3.8, 4) is 16.9 Å². The van der Waals surface area contributed by atoms with Crippen LogP contribution < -0.4 is 11.5 Å². The van der Waals surface area contributed by atoms with Crippen LogP contribution >= 0.6 is 0 Å². The Morgan fingerprint density at radius 1 is 0.913 bits per heavy atom. The minimum atomic E-state index is 0.162. The predicted octanol–water partition coefficient (Wildman–Crippen LogP) is 2.04. The average Bonchev–Trinajstić information content (AvgIpc) is 3.05. The summed E-state index contributed by atoms with van der Waals surface area (Å²) < 4.78 is 1.69. The zero-order chi connectivity index (χ0) is 15.8. The molecule has 112 valence electrons. The summed E-state index contributed by atoms with van der Waals surface area (Å²) in [6, 6.07) is 15.5. The second-order valence-electron chi connectivity index (χ2n) is 5.08. The fraction of sp³-hybridized carbons (Fsp3) is 0. The molecule has 0 aliphatic rings. The number of fused-ring (bicyclic) bond motifs is 1. The van der Waals surface area contributed by atoms with Crippen LogP contribution in [0.4, 0.5) is 11.8 Å². The van der Waals surface area contributed by atoms with Gasteiger partial charge in [0.25, 0.3) is 0 Å². The van der Waals surface area contributed by atoms with Gasteiger partial charge in [-0.2, -0.15) is 4.98 Å². The summed E-state index contributed by atoms with van der Waals surface area (Å²) in [6.45, 7) is 0. The number of nitrogens with zero attached hydrogens (tertiary/aromatic N) is 5. The van der Waals surface area contributed by atoms with Gasteiger partial charge in [-0.15, -0.1) is 5.10 Å². The molecule has 0 amide bonds. The van der Waals surface area contributed by atoms with E-state index in [-0.39, 0.29) is 5.95 Å². The van der Waals surface area contributed by atoms with Gasteiger partial charge >= 0.3 is 0 Å². The summed E-state index contributed by atoms with van der Waals surface area (Å²) >= 11 is 0. The molecule has 0 unspecified atom stereocenters. The van der Waals surface area contributed by atoms with Gasteiger partial charge in [0.2, 0.25) is 5.95 Å². The number of hydrogen-bond acceptors (Lipinski definition) is 6. The molecule has 0 atom stereocenters. The molecule has 0 radical (unpaired) electrons. The van der Waals surface area contributed by atoms with E-state index in [1.165, 1.54) is 0 Å². The highest BCUT2D eigenvalue weighted by molar-refractivity contribution is 5.90. The van der Waals surface area contributed by atoms with Crippen LogP contribution in [-0.2, 0) is 0 Å². The van der Waals surface area contributed by atoms with Crippen LogP contribution in [-0.4, -0.2) is 25.0 Å². The molecule has 23 heavy (non-hydrogen) atoms. The maximum absolute atomic E-state index is 5.92. The van der Waals surface area contributed by atoms with Crippen molar-refractivity contribution in [2.45, 2.75) is 0 Å². The lowest BCUT2D eigenvalue weighted by Gasteiger charge is -2.05. The summed E-state index contributed by atoms with van der Waals surface area (Å²) in [4.78, 5) is 8.15. The second-order valence-corrected chi connectivity index (χ2v) is 5.08. The number of aromatic nitrogens is 5. The molecule has 0 aliphatic carbocycles. The Labute approximate surface area is 131 Å². The third kappa shape index (κ3) is 2.34. The number of nitrogen functional groups attached to an aromatic ring is 2. The topological polar surface area (TPSA) is 109 Å². The van der Waals surface area contributed by atoms with Crippen molar-refractivity contribution < 1.29 is 0 Å². The second kappa shape index (κ2) is 5.06. The van der Waals surface area contributed by atoms with Gasteiger partial charge in [0.15, 0.2) is 0 Å². The SMILES string of the molecule is Nc1nc(N)c2cc(-n3cc(-c4ccccc4)nn3)ccc2n1. The first kappa shape index (κ1) is 13.2. The normalized spacial score (nSPS) is 11.0. The molecule has 2 aromatic heterocycles. The Bertz CT molecular complexity index is 992. The maximum atomic E-state index is 5.92. The van der Waals surface area contributed by atoms with Gasteiger partial charge in [0, 0.05) is 10.9 Å². The van der Waals surface area contributed by atoms with E-state index in [1.807, 2.05) is 54.7 Å². The molecule has 7 heteroatoms. The Kier molecular flexibility index (Phi) is 2.90. The van der Waals surface area contributed by atoms with Crippen molar-refractivity contribution in [1.29, 1.82) is 0 Å². The van der Waals surface area contributed by atoms with Crippen molar-refractivity contribution in [3.05, 3.63) is 54.7 Å². The molecule has 7 nitrogen and oxygen atoms in total. The Balaban J connectivity index is 1.79. The Morgan fingerprint density at radius 3 is 2.57 bits per heavy atom. The van der Waals surface area contributed by atoms with Gasteiger partial charge in [-0.05, 0) is 18.2 Å². The largest absolute Gasteiger partial charge is 0.383 e. The van der Waals surface area contributed by atoms with Crippen LogP contribution in [0.15, 0.2) is 54.7 Å². The molecule has 0 fully saturated rings. The summed E-state index contributed by atoms with van der Waals surface area (Å²) in [5.41, 5.74) is 14.9. The number of anilines is 2. The third-order valence-corrected chi connectivity index (χ3v) is 3.55. The van der Waals surface area contributed by atoms with E-state index in [4.69, 9.17) is 11.5 Å². The molecular formula is C16H13N7. The van der Waals surface area contributed by atoms with Crippen LogP contribution in [0.2, 0.25) is 0 Å². The van der Waals surface area contributed by atoms with Crippen molar-refractivity contribution in [3.63, 3.8) is 0 Å². The minimum Gasteiger partial charge on any atom is -0.383 e. The maximum Gasteiger partial charge on any atom is 0.222 e. The van der Waals surface area contributed by atoms with Gasteiger partial charge in [0.05, 0.1) is 17.4 Å². The van der Waals surface area contributed by atoms with E-state index in [0.717, 1.165) is 22.3 Å². The lowest BCUT2D eigenvalue weighted by Crippen LogP contribution is -2.02. The molecule has 2 aromatic carbocycles. The number of benzene rings is 2. The zero-order valence-corrected chi connectivity index (χ0v) is 12.1. The van der Waals surface area contributed by atoms with Gasteiger partial charge in [-0.1, -0.05) is 35.5 Å². The average molecular weight is 303 g/mol. The highest BCUT2D eigenvalue weighted by Crippen LogP contribution is 2.23. The van der Waals surface area contributed by atoms with E-state index in [0.29, 0.717) is 11.3 Å². The molecule has 0 saturated heterocycles. The quantitative estimate of drug-likeness (QED) is 0.586. The smallest absolute Gasteiger partial charge is 0.222 e. The van der Waals surface area contributed by atoms with E-state index >= 15 is 0 Å². The number of nitrogens with two attached hydrogens (primary N) is 2. The van der Waals surface area contributed by atoms with Gasteiger partial charge < -0.3 is 11.5 Å². The molecule has 0 aliphatic heterocycles. The predicted molar refractivity (Wildman–Crippen MR) is 88.7 cm³/mol. The van der Waals surface area contributed by atoms with Crippen molar-refractivity contribution in [1.82, 2.24) is 25.0 Å². The molecule has 2 heterocycles. The van der Waals surface area contributed by atoms with E-state index < -0.39 is 0 Å². The van der Waals surface area contributed by atoms with Crippen molar-refractivity contribution in [2.75, 3.05) is 11.5 Å². The lowest BCUT2D eigenvalue weighted by atomic mass is 10.2.